The molecule has 0 saturated carbocycles. The Hall–Kier alpha value is -1.75. The summed E-state index contributed by atoms with van der Waals surface area (Å²) in [5.41, 5.74) is 0.833. The van der Waals surface area contributed by atoms with Crippen molar-refractivity contribution in [3.8, 4) is 0 Å². The van der Waals surface area contributed by atoms with Gasteiger partial charge in [0.15, 0.2) is 5.82 Å². The monoisotopic (exact) mass is 249 g/mol. The summed E-state index contributed by atoms with van der Waals surface area (Å²) in [6.07, 6.45) is 1.35. The van der Waals surface area contributed by atoms with E-state index in [-0.39, 0.29) is 11.9 Å². The van der Waals surface area contributed by atoms with Crippen molar-refractivity contribution in [2.45, 2.75) is 25.8 Å². The first-order chi connectivity index (χ1) is 8.72. The second-order valence-corrected chi connectivity index (χ2v) is 4.11. The van der Waals surface area contributed by atoms with Crippen LogP contribution in [0.25, 0.3) is 0 Å². The Balaban J connectivity index is 2.11. The van der Waals surface area contributed by atoms with Crippen LogP contribution in [-0.4, -0.2) is 17.2 Å². The molecule has 2 rings (SSSR count). The Morgan fingerprint density at radius 3 is 2.94 bits per heavy atom. The minimum Gasteiger partial charge on any atom is -0.338 e. The van der Waals surface area contributed by atoms with Gasteiger partial charge in [-0.1, -0.05) is 24.2 Å². The first kappa shape index (κ1) is 12.7. The normalized spacial score (nSPS) is 12.6. The summed E-state index contributed by atoms with van der Waals surface area (Å²) in [5.74, 6) is 0.897. The third kappa shape index (κ3) is 2.92. The maximum absolute atomic E-state index is 13.0. The average molecular weight is 249 g/mol. The molecule has 0 radical (unpaired) electrons. The highest BCUT2D eigenvalue weighted by atomic mass is 19.1. The molecule has 1 aromatic carbocycles. The molecule has 1 aromatic heterocycles. The Labute approximate surface area is 105 Å². The van der Waals surface area contributed by atoms with Gasteiger partial charge in [-0.15, -0.1) is 0 Å². The lowest BCUT2D eigenvalue weighted by molar-refractivity contribution is 0.331. The molecule has 0 fully saturated rings. The fourth-order valence-corrected chi connectivity index (χ4v) is 1.81. The molecular weight excluding hydrogens is 233 g/mol. The van der Waals surface area contributed by atoms with Gasteiger partial charge in [0, 0.05) is 6.42 Å². The van der Waals surface area contributed by atoms with Crippen LogP contribution >= 0.6 is 0 Å². The number of benzene rings is 1. The molecule has 0 saturated heterocycles. The summed E-state index contributed by atoms with van der Waals surface area (Å²) in [6.45, 7) is 2.04. The van der Waals surface area contributed by atoms with E-state index < -0.39 is 0 Å². The van der Waals surface area contributed by atoms with Crippen LogP contribution in [0.5, 0.6) is 0 Å². The first-order valence-corrected chi connectivity index (χ1v) is 5.97. The highest BCUT2D eigenvalue weighted by Crippen LogP contribution is 2.15. The predicted molar refractivity (Wildman–Crippen MR) is 65.6 cm³/mol. The first-order valence-electron chi connectivity index (χ1n) is 5.97. The van der Waals surface area contributed by atoms with Crippen molar-refractivity contribution in [3.63, 3.8) is 0 Å². The van der Waals surface area contributed by atoms with E-state index >= 15 is 0 Å². The van der Waals surface area contributed by atoms with E-state index in [2.05, 4.69) is 15.5 Å². The summed E-state index contributed by atoms with van der Waals surface area (Å²) >= 11 is 0. The zero-order valence-electron chi connectivity index (χ0n) is 10.5. The number of halogens is 1. The van der Waals surface area contributed by atoms with E-state index in [1.807, 2.05) is 20.0 Å². The third-order valence-corrected chi connectivity index (χ3v) is 2.79. The molecule has 1 atom stereocenters. The second kappa shape index (κ2) is 5.73. The summed E-state index contributed by atoms with van der Waals surface area (Å²) in [7, 11) is 1.85. The van der Waals surface area contributed by atoms with Crippen LogP contribution in [0.1, 0.15) is 36.7 Å². The van der Waals surface area contributed by atoms with Crippen LogP contribution in [0.3, 0.4) is 0 Å². The number of aromatic nitrogens is 2. The van der Waals surface area contributed by atoms with Gasteiger partial charge in [0.2, 0.25) is 5.89 Å². The molecule has 4 nitrogen and oxygen atoms in total. The molecular formula is C13H16FN3O. The van der Waals surface area contributed by atoms with Crippen LogP contribution in [0.2, 0.25) is 0 Å². The molecule has 2 aromatic rings. The van der Waals surface area contributed by atoms with Crippen LogP contribution in [0, 0.1) is 5.82 Å². The number of nitrogens with one attached hydrogen (secondary N) is 1. The molecule has 1 unspecified atom stereocenters. The highest BCUT2D eigenvalue weighted by Gasteiger charge is 2.15. The summed E-state index contributed by atoms with van der Waals surface area (Å²) in [4.78, 5) is 4.31. The van der Waals surface area contributed by atoms with Gasteiger partial charge in [-0.05, 0) is 31.2 Å². The molecule has 1 N–H and O–H groups in total. The highest BCUT2D eigenvalue weighted by molar-refractivity contribution is 5.19. The van der Waals surface area contributed by atoms with Gasteiger partial charge < -0.3 is 9.84 Å². The van der Waals surface area contributed by atoms with Gasteiger partial charge in [0.25, 0.3) is 0 Å². The van der Waals surface area contributed by atoms with Crippen LogP contribution < -0.4 is 5.32 Å². The maximum Gasteiger partial charge on any atom is 0.243 e. The molecule has 5 heteroatoms. The van der Waals surface area contributed by atoms with Crippen molar-refractivity contribution in [2.24, 2.45) is 0 Å². The second-order valence-electron chi connectivity index (χ2n) is 4.11. The van der Waals surface area contributed by atoms with E-state index in [9.17, 15) is 4.39 Å². The quantitative estimate of drug-likeness (QED) is 0.884. The average Bonchev–Trinajstić information content (AvgIpc) is 2.79. The molecule has 96 valence electrons. The lowest BCUT2D eigenvalue weighted by Crippen LogP contribution is -2.15. The number of rotatable bonds is 5. The fraction of sp³-hybridized carbons (Fsp3) is 0.385. The van der Waals surface area contributed by atoms with Gasteiger partial charge in [0.1, 0.15) is 5.82 Å². The lowest BCUT2D eigenvalue weighted by atomic mass is 10.1. The molecule has 18 heavy (non-hydrogen) atoms. The summed E-state index contributed by atoms with van der Waals surface area (Å²) in [6, 6.07) is 6.48. The topological polar surface area (TPSA) is 51.0 Å². The van der Waals surface area contributed by atoms with E-state index in [1.165, 1.54) is 12.1 Å². The van der Waals surface area contributed by atoms with Crippen molar-refractivity contribution >= 4 is 0 Å². The number of hydrogen-bond acceptors (Lipinski definition) is 4. The zero-order valence-corrected chi connectivity index (χ0v) is 10.5. The SMILES string of the molecule is CCC(NC)c1nc(Cc2cccc(F)c2)no1. The summed E-state index contributed by atoms with van der Waals surface area (Å²) in [5, 5.41) is 7.01. The minimum atomic E-state index is -0.252. The molecule has 0 bridgehead atoms. The Morgan fingerprint density at radius 1 is 1.44 bits per heavy atom. The van der Waals surface area contributed by atoms with Crippen molar-refractivity contribution < 1.29 is 8.91 Å². The molecule has 0 aliphatic heterocycles. The van der Waals surface area contributed by atoms with Gasteiger partial charge in [0.05, 0.1) is 6.04 Å². The van der Waals surface area contributed by atoms with E-state index in [4.69, 9.17) is 4.52 Å². The van der Waals surface area contributed by atoms with Gasteiger partial charge >= 0.3 is 0 Å². The van der Waals surface area contributed by atoms with Crippen molar-refractivity contribution in [1.82, 2.24) is 15.5 Å². The Morgan fingerprint density at radius 2 is 2.28 bits per heavy atom. The third-order valence-electron chi connectivity index (χ3n) is 2.79. The van der Waals surface area contributed by atoms with Crippen LogP contribution in [0.4, 0.5) is 4.39 Å². The van der Waals surface area contributed by atoms with Crippen LogP contribution in [0.15, 0.2) is 28.8 Å². The largest absolute Gasteiger partial charge is 0.338 e. The summed E-state index contributed by atoms with van der Waals surface area (Å²) < 4.78 is 18.2. The fourth-order valence-electron chi connectivity index (χ4n) is 1.81. The number of nitrogens with zero attached hydrogens (tertiary/aromatic N) is 2. The predicted octanol–water partition coefficient (Wildman–Crippen LogP) is 2.47. The molecule has 0 amide bonds. The molecule has 0 aliphatic rings. The van der Waals surface area contributed by atoms with Crippen LogP contribution in [-0.2, 0) is 6.42 Å². The van der Waals surface area contributed by atoms with Crippen molar-refractivity contribution in [1.29, 1.82) is 0 Å². The number of hydrogen-bond donors (Lipinski definition) is 1. The zero-order chi connectivity index (χ0) is 13.0. The smallest absolute Gasteiger partial charge is 0.243 e. The Bertz CT molecular complexity index is 508. The van der Waals surface area contributed by atoms with Gasteiger partial charge in [-0.2, -0.15) is 4.98 Å². The van der Waals surface area contributed by atoms with Gasteiger partial charge in [-0.25, -0.2) is 4.39 Å². The van der Waals surface area contributed by atoms with E-state index in [0.717, 1.165) is 12.0 Å². The maximum atomic E-state index is 13.0. The Kier molecular flexibility index (Phi) is 4.04. The van der Waals surface area contributed by atoms with Crippen molar-refractivity contribution in [2.75, 3.05) is 7.05 Å². The van der Waals surface area contributed by atoms with E-state index in [0.29, 0.717) is 18.1 Å². The van der Waals surface area contributed by atoms with Gasteiger partial charge in [-0.3, -0.25) is 0 Å². The molecule has 1 heterocycles. The molecule has 0 spiro atoms. The standard InChI is InChI=1S/C13H16FN3O/c1-3-11(15-2)13-16-12(17-18-13)8-9-5-4-6-10(14)7-9/h4-7,11,15H,3,8H2,1-2H3. The lowest BCUT2D eigenvalue weighted by Gasteiger charge is -2.06. The molecule has 0 aliphatic carbocycles. The van der Waals surface area contributed by atoms with Crippen molar-refractivity contribution in [3.05, 3.63) is 47.4 Å². The minimum absolute atomic E-state index is 0.0683. The van der Waals surface area contributed by atoms with E-state index in [1.54, 1.807) is 6.07 Å².